The molecule has 0 spiro atoms. The van der Waals surface area contributed by atoms with Crippen LogP contribution in [0, 0.1) is 0 Å². The molecule has 0 bridgehead atoms. The first kappa shape index (κ1) is 14.8. The van der Waals surface area contributed by atoms with E-state index in [4.69, 9.17) is 21.4 Å². The highest BCUT2D eigenvalue weighted by molar-refractivity contribution is 6.35. The highest BCUT2D eigenvalue weighted by atomic mass is 35.5. The SMILES string of the molecule is Cn1c(C(=O)NCCOCCO)cc2c(Cl)cccc21. The van der Waals surface area contributed by atoms with E-state index in [1.165, 1.54) is 0 Å². The van der Waals surface area contributed by atoms with Crippen LogP contribution in [0.3, 0.4) is 0 Å². The second kappa shape index (κ2) is 6.74. The second-order valence-electron chi connectivity index (χ2n) is 4.35. The van der Waals surface area contributed by atoms with Crippen LogP contribution in [0.5, 0.6) is 0 Å². The Hall–Kier alpha value is -1.56. The molecule has 0 radical (unpaired) electrons. The molecule has 0 fully saturated rings. The fourth-order valence-corrected chi connectivity index (χ4v) is 2.26. The summed E-state index contributed by atoms with van der Waals surface area (Å²) >= 11 is 6.12. The fraction of sp³-hybridized carbons (Fsp3) is 0.357. The Morgan fingerprint density at radius 2 is 2.25 bits per heavy atom. The first-order valence-corrected chi connectivity index (χ1v) is 6.73. The number of nitrogens with one attached hydrogen (secondary N) is 1. The van der Waals surface area contributed by atoms with Crippen LogP contribution in [-0.4, -0.2) is 41.9 Å². The van der Waals surface area contributed by atoms with E-state index in [2.05, 4.69) is 5.32 Å². The maximum absolute atomic E-state index is 12.1. The third-order valence-electron chi connectivity index (χ3n) is 3.03. The lowest BCUT2D eigenvalue weighted by Crippen LogP contribution is -2.29. The van der Waals surface area contributed by atoms with Crippen molar-refractivity contribution in [3.05, 3.63) is 35.0 Å². The number of carbonyl (C=O) groups is 1. The number of rotatable bonds is 6. The number of aromatic nitrogens is 1. The van der Waals surface area contributed by atoms with Crippen LogP contribution in [0.4, 0.5) is 0 Å². The van der Waals surface area contributed by atoms with E-state index in [1.54, 1.807) is 12.1 Å². The van der Waals surface area contributed by atoms with E-state index in [1.807, 2.05) is 23.7 Å². The second-order valence-corrected chi connectivity index (χ2v) is 4.76. The molecule has 5 nitrogen and oxygen atoms in total. The number of hydrogen-bond acceptors (Lipinski definition) is 3. The first-order chi connectivity index (χ1) is 9.65. The number of ether oxygens (including phenoxy) is 1. The van der Waals surface area contributed by atoms with Gasteiger partial charge >= 0.3 is 0 Å². The van der Waals surface area contributed by atoms with Crippen LogP contribution >= 0.6 is 11.6 Å². The maximum Gasteiger partial charge on any atom is 0.268 e. The smallest absolute Gasteiger partial charge is 0.268 e. The highest BCUT2D eigenvalue weighted by Crippen LogP contribution is 2.26. The van der Waals surface area contributed by atoms with Gasteiger partial charge in [-0.25, -0.2) is 0 Å². The van der Waals surface area contributed by atoms with E-state index in [-0.39, 0.29) is 19.1 Å². The number of aryl methyl sites for hydroxylation is 1. The van der Waals surface area contributed by atoms with Crippen molar-refractivity contribution in [3.8, 4) is 0 Å². The van der Waals surface area contributed by atoms with Crippen LogP contribution in [0.15, 0.2) is 24.3 Å². The quantitative estimate of drug-likeness (QED) is 0.795. The molecule has 1 aromatic carbocycles. The Labute approximate surface area is 122 Å². The number of halogens is 1. The molecule has 1 aromatic heterocycles. The van der Waals surface area contributed by atoms with Gasteiger partial charge in [0.15, 0.2) is 0 Å². The maximum atomic E-state index is 12.1. The Balaban J connectivity index is 2.07. The Kier molecular flexibility index (Phi) is 5.00. The van der Waals surface area contributed by atoms with E-state index >= 15 is 0 Å². The standard InChI is InChI=1S/C14H17ClN2O3/c1-17-12-4-2-3-11(15)10(12)9-13(17)14(19)16-5-7-20-8-6-18/h2-4,9,18H,5-8H2,1H3,(H,16,19). The third kappa shape index (κ3) is 3.12. The van der Waals surface area contributed by atoms with E-state index in [0.717, 1.165) is 10.9 Å². The predicted octanol–water partition coefficient (Wildman–Crippen LogP) is 1.57. The number of aliphatic hydroxyl groups excluding tert-OH is 1. The number of amides is 1. The summed E-state index contributed by atoms with van der Waals surface area (Å²) in [5.41, 5.74) is 1.47. The molecule has 0 saturated carbocycles. The summed E-state index contributed by atoms with van der Waals surface area (Å²) in [6.45, 7) is 1.03. The van der Waals surface area contributed by atoms with Crippen molar-refractivity contribution in [2.75, 3.05) is 26.4 Å². The minimum atomic E-state index is -0.174. The normalized spacial score (nSPS) is 10.9. The topological polar surface area (TPSA) is 63.5 Å². The van der Waals surface area contributed by atoms with Crippen LogP contribution in [-0.2, 0) is 11.8 Å². The van der Waals surface area contributed by atoms with Gasteiger partial charge in [0.2, 0.25) is 0 Å². The summed E-state index contributed by atoms with van der Waals surface area (Å²) in [7, 11) is 1.83. The molecule has 1 heterocycles. The van der Waals surface area contributed by atoms with Crippen LogP contribution in [0.1, 0.15) is 10.5 Å². The molecule has 0 aliphatic rings. The molecule has 2 rings (SSSR count). The summed E-state index contributed by atoms with van der Waals surface area (Å²) in [5, 5.41) is 12.8. The Morgan fingerprint density at radius 3 is 2.95 bits per heavy atom. The molecule has 0 atom stereocenters. The molecule has 0 aliphatic carbocycles. The lowest BCUT2D eigenvalue weighted by Gasteiger charge is -2.06. The molecule has 20 heavy (non-hydrogen) atoms. The lowest BCUT2D eigenvalue weighted by molar-refractivity contribution is 0.0833. The van der Waals surface area contributed by atoms with Gasteiger partial charge in [0.1, 0.15) is 5.69 Å². The van der Waals surface area contributed by atoms with Crippen molar-refractivity contribution in [2.24, 2.45) is 7.05 Å². The summed E-state index contributed by atoms with van der Waals surface area (Å²) in [5.74, 6) is -0.174. The van der Waals surface area contributed by atoms with Crippen molar-refractivity contribution in [2.45, 2.75) is 0 Å². The van der Waals surface area contributed by atoms with Crippen molar-refractivity contribution in [1.82, 2.24) is 9.88 Å². The Morgan fingerprint density at radius 1 is 1.45 bits per heavy atom. The van der Waals surface area contributed by atoms with Gasteiger partial charge < -0.3 is 19.7 Å². The zero-order valence-corrected chi connectivity index (χ0v) is 12.0. The number of benzene rings is 1. The van der Waals surface area contributed by atoms with Crippen molar-refractivity contribution >= 4 is 28.4 Å². The third-order valence-corrected chi connectivity index (χ3v) is 3.36. The lowest BCUT2D eigenvalue weighted by atomic mass is 10.2. The van der Waals surface area contributed by atoms with Gasteiger partial charge in [0.05, 0.1) is 19.8 Å². The van der Waals surface area contributed by atoms with E-state index < -0.39 is 0 Å². The van der Waals surface area contributed by atoms with Gasteiger partial charge in [0.25, 0.3) is 5.91 Å². The largest absolute Gasteiger partial charge is 0.394 e. The summed E-state index contributed by atoms with van der Waals surface area (Å²) in [4.78, 5) is 12.1. The molecule has 6 heteroatoms. The van der Waals surface area contributed by atoms with Gasteiger partial charge in [-0.05, 0) is 18.2 Å². The van der Waals surface area contributed by atoms with Crippen molar-refractivity contribution < 1.29 is 14.6 Å². The van der Waals surface area contributed by atoms with Gasteiger partial charge in [0, 0.05) is 29.5 Å². The predicted molar refractivity (Wildman–Crippen MR) is 78.2 cm³/mol. The van der Waals surface area contributed by atoms with Gasteiger partial charge in [-0.3, -0.25) is 4.79 Å². The molecule has 2 N–H and O–H groups in total. The van der Waals surface area contributed by atoms with Gasteiger partial charge in [-0.2, -0.15) is 0 Å². The van der Waals surface area contributed by atoms with Crippen molar-refractivity contribution in [1.29, 1.82) is 0 Å². The van der Waals surface area contributed by atoms with E-state index in [9.17, 15) is 4.79 Å². The van der Waals surface area contributed by atoms with Crippen LogP contribution in [0.25, 0.3) is 10.9 Å². The number of carbonyl (C=O) groups excluding carboxylic acids is 1. The molecule has 0 unspecified atom stereocenters. The van der Waals surface area contributed by atoms with Crippen molar-refractivity contribution in [3.63, 3.8) is 0 Å². The summed E-state index contributed by atoms with van der Waals surface area (Å²) in [6, 6.07) is 7.35. The molecule has 2 aromatic rings. The average Bonchev–Trinajstić information content (AvgIpc) is 2.78. The molecule has 0 saturated heterocycles. The molecular formula is C14H17ClN2O3. The fourth-order valence-electron chi connectivity index (χ4n) is 2.04. The zero-order valence-electron chi connectivity index (χ0n) is 11.2. The molecular weight excluding hydrogens is 280 g/mol. The van der Waals surface area contributed by atoms with E-state index in [0.29, 0.717) is 23.9 Å². The number of nitrogens with zero attached hydrogens (tertiary/aromatic N) is 1. The first-order valence-electron chi connectivity index (χ1n) is 6.36. The molecule has 0 aliphatic heterocycles. The zero-order chi connectivity index (χ0) is 14.5. The van der Waals surface area contributed by atoms with Gasteiger partial charge in [-0.15, -0.1) is 0 Å². The molecule has 108 valence electrons. The number of hydrogen-bond donors (Lipinski definition) is 2. The Bertz CT molecular complexity index is 610. The monoisotopic (exact) mass is 296 g/mol. The molecule has 1 amide bonds. The summed E-state index contributed by atoms with van der Waals surface area (Å²) < 4.78 is 6.90. The minimum Gasteiger partial charge on any atom is -0.394 e. The van der Waals surface area contributed by atoms with Gasteiger partial charge in [-0.1, -0.05) is 17.7 Å². The number of aliphatic hydroxyl groups is 1. The minimum absolute atomic E-state index is 0.0182. The average molecular weight is 297 g/mol. The summed E-state index contributed by atoms with van der Waals surface area (Å²) in [6.07, 6.45) is 0. The highest BCUT2D eigenvalue weighted by Gasteiger charge is 2.14. The van der Waals surface area contributed by atoms with Crippen LogP contribution in [0.2, 0.25) is 5.02 Å². The number of fused-ring (bicyclic) bond motifs is 1. The van der Waals surface area contributed by atoms with Crippen LogP contribution < -0.4 is 5.32 Å².